The number of nitrogens with zero attached hydrogens (tertiary/aromatic N) is 1. The molecule has 0 radical (unpaired) electrons. The number of rotatable bonds is 6. The molecule has 9 heteroatoms. The Morgan fingerprint density at radius 2 is 1.93 bits per heavy atom. The fourth-order valence-corrected chi connectivity index (χ4v) is 2.63. The second-order valence-electron chi connectivity index (χ2n) is 6.30. The van der Waals surface area contributed by atoms with Crippen LogP contribution in [-0.4, -0.2) is 19.4 Å². The molecule has 0 fully saturated rings. The summed E-state index contributed by atoms with van der Waals surface area (Å²) in [7, 11) is 0. The molecular weight excluding hydrogens is 483 g/mol. The van der Waals surface area contributed by atoms with E-state index in [9.17, 15) is 8.78 Å². The maximum atomic E-state index is 12.7. The van der Waals surface area contributed by atoms with Crippen molar-refractivity contribution in [3.05, 3.63) is 47.5 Å². The largest absolute Gasteiger partial charge is 0.454 e. The van der Waals surface area contributed by atoms with Gasteiger partial charge >= 0.3 is 6.61 Å². The number of hydrogen-bond donors (Lipinski definition) is 2. The number of nitrogens with two attached hydrogens (primary N) is 1. The van der Waals surface area contributed by atoms with Gasteiger partial charge in [-0.1, -0.05) is 26.0 Å². The third kappa shape index (κ3) is 5.60. The quantitative estimate of drug-likeness (QED) is 0.339. The molecule has 0 aliphatic carbocycles. The predicted octanol–water partition coefficient (Wildman–Crippen LogP) is 4.68. The lowest BCUT2D eigenvalue weighted by Gasteiger charge is -2.12. The molecule has 0 aromatic heterocycles. The summed E-state index contributed by atoms with van der Waals surface area (Å²) in [6.07, 6.45) is 0. The molecule has 3 N–H and O–H groups in total. The van der Waals surface area contributed by atoms with E-state index in [4.69, 9.17) is 15.2 Å². The van der Waals surface area contributed by atoms with E-state index >= 15 is 0 Å². The molecule has 0 bridgehead atoms. The van der Waals surface area contributed by atoms with Crippen molar-refractivity contribution in [2.75, 3.05) is 12.1 Å². The van der Waals surface area contributed by atoms with Gasteiger partial charge in [-0.25, -0.2) is 4.99 Å². The lowest BCUT2D eigenvalue weighted by atomic mass is 10.0. The first-order valence-electron chi connectivity index (χ1n) is 8.46. The lowest BCUT2D eigenvalue weighted by molar-refractivity contribution is -0.0505. The van der Waals surface area contributed by atoms with Crippen LogP contribution in [0.5, 0.6) is 17.2 Å². The molecule has 0 amide bonds. The van der Waals surface area contributed by atoms with E-state index in [1.165, 1.54) is 6.07 Å². The number of fused-ring (bicyclic) bond motifs is 1. The zero-order chi connectivity index (χ0) is 19.4. The standard InChI is InChI=1S/C19H21F2N3O3.HI/c1-11(2)12-4-3-5-14(6-12)24-19(22)23-9-13-7-16-17(26-10-25-16)8-15(13)27-18(20)21;/h3-8,11,18H,9-10H2,1-2H3,(H3,22,23,24);1H. The monoisotopic (exact) mass is 505 g/mol. The summed E-state index contributed by atoms with van der Waals surface area (Å²) < 4.78 is 40.4. The minimum absolute atomic E-state index is 0. The highest BCUT2D eigenvalue weighted by molar-refractivity contribution is 14.0. The summed E-state index contributed by atoms with van der Waals surface area (Å²) in [6.45, 7) is 1.32. The van der Waals surface area contributed by atoms with Gasteiger partial charge in [0.1, 0.15) is 5.75 Å². The molecule has 28 heavy (non-hydrogen) atoms. The van der Waals surface area contributed by atoms with Gasteiger partial charge < -0.3 is 25.3 Å². The molecule has 2 aromatic rings. The second kappa shape index (κ2) is 9.76. The van der Waals surface area contributed by atoms with Crippen molar-refractivity contribution in [1.82, 2.24) is 0 Å². The third-order valence-corrected chi connectivity index (χ3v) is 4.02. The van der Waals surface area contributed by atoms with E-state index in [1.807, 2.05) is 24.3 Å². The maximum absolute atomic E-state index is 12.7. The van der Waals surface area contributed by atoms with Crippen molar-refractivity contribution in [3.63, 3.8) is 0 Å². The molecule has 1 aliphatic heterocycles. The van der Waals surface area contributed by atoms with Crippen molar-refractivity contribution in [2.24, 2.45) is 10.7 Å². The first-order chi connectivity index (χ1) is 12.9. The van der Waals surface area contributed by atoms with Crippen molar-refractivity contribution < 1.29 is 23.0 Å². The molecule has 6 nitrogen and oxygen atoms in total. The van der Waals surface area contributed by atoms with E-state index in [1.54, 1.807) is 6.07 Å². The Hall–Kier alpha value is -2.30. The molecule has 1 aliphatic rings. The highest BCUT2D eigenvalue weighted by Crippen LogP contribution is 2.39. The molecule has 152 valence electrons. The number of hydrogen-bond acceptors (Lipinski definition) is 4. The number of benzene rings is 2. The van der Waals surface area contributed by atoms with Crippen molar-refractivity contribution in [1.29, 1.82) is 0 Å². The molecule has 0 saturated heterocycles. The normalized spacial score (nSPS) is 12.9. The highest BCUT2D eigenvalue weighted by atomic mass is 127. The number of anilines is 1. The van der Waals surface area contributed by atoms with Gasteiger partial charge in [-0.2, -0.15) is 8.78 Å². The Morgan fingerprint density at radius 1 is 1.21 bits per heavy atom. The van der Waals surface area contributed by atoms with Gasteiger partial charge in [-0.05, 0) is 29.7 Å². The fourth-order valence-electron chi connectivity index (χ4n) is 2.63. The zero-order valence-electron chi connectivity index (χ0n) is 15.4. The van der Waals surface area contributed by atoms with Gasteiger partial charge in [-0.3, -0.25) is 0 Å². The minimum atomic E-state index is -2.96. The summed E-state index contributed by atoms with van der Waals surface area (Å²) in [4.78, 5) is 4.22. The van der Waals surface area contributed by atoms with Crippen LogP contribution >= 0.6 is 24.0 Å². The SMILES string of the molecule is CC(C)c1cccc(NC(N)=NCc2cc3c(cc2OC(F)F)OCO3)c1.I. The maximum Gasteiger partial charge on any atom is 0.387 e. The van der Waals surface area contributed by atoms with Crippen LogP contribution in [0.15, 0.2) is 41.4 Å². The molecule has 0 spiro atoms. The first-order valence-corrected chi connectivity index (χ1v) is 8.46. The summed E-state index contributed by atoms with van der Waals surface area (Å²) in [5.41, 5.74) is 8.32. The molecular formula is C19H22F2IN3O3. The summed E-state index contributed by atoms with van der Waals surface area (Å²) >= 11 is 0. The third-order valence-electron chi connectivity index (χ3n) is 4.02. The first kappa shape index (κ1) is 22.0. The van der Waals surface area contributed by atoms with E-state index in [0.717, 1.165) is 11.3 Å². The Morgan fingerprint density at radius 3 is 2.61 bits per heavy atom. The number of aliphatic imine (C=N–C) groups is 1. The Kier molecular flexibility index (Phi) is 7.67. The van der Waals surface area contributed by atoms with E-state index < -0.39 is 6.61 Å². The van der Waals surface area contributed by atoms with Crippen LogP contribution in [0, 0.1) is 0 Å². The highest BCUT2D eigenvalue weighted by Gasteiger charge is 2.20. The minimum Gasteiger partial charge on any atom is -0.454 e. The summed E-state index contributed by atoms with van der Waals surface area (Å²) in [5, 5.41) is 3.00. The van der Waals surface area contributed by atoms with Gasteiger partial charge in [0.05, 0.1) is 6.54 Å². The van der Waals surface area contributed by atoms with Crippen LogP contribution < -0.4 is 25.3 Å². The van der Waals surface area contributed by atoms with Crippen molar-refractivity contribution in [2.45, 2.75) is 32.9 Å². The second-order valence-corrected chi connectivity index (χ2v) is 6.30. The number of ether oxygens (including phenoxy) is 3. The van der Waals surface area contributed by atoms with Gasteiger partial charge in [0.2, 0.25) is 6.79 Å². The predicted molar refractivity (Wildman–Crippen MR) is 114 cm³/mol. The average Bonchev–Trinajstić information content (AvgIpc) is 3.06. The van der Waals surface area contributed by atoms with Crippen LogP contribution in [0.2, 0.25) is 0 Å². The molecule has 3 rings (SSSR count). The Bertz CT molecular complexity index is 847. The lowest BCUT2D eigenvalue weighted by Crippen LogP contribution is -2.22. The van der Waals surface area contributed by atoms with Gasteiger partial charge in [0, 0.05) is 17.3 Å². The molecule has 0 atom stereocenters. The van der Waals surface area contributed by atoms with Crippen LogP contribution in [-0.2, 0) is 6.54 Å². The molecule has 2 aromatic carbocycles. The van der Waals surface area contributed by atoms with E-state index in [2.05, 4.69) is 28.9 Å². The van der Waals surface area contributed by atoms with Crippen LogP contribution in [0.1, 0.15) is 30.9 Å². The Labute approximate surface area is 179 Å². The number of alkyl halides is 2. The van der Waals surface area contributed by atoms with Crippen molar-refractivity contribution >= 4 is 35.6 Å². The molecule has 1 heterocycles. The van der Waals surface area contributed by atoms with Gasteiger partial charge in [-0.15, -0.1) is 24.0 Å². The smallest absolute Gasteiger partial charge is 0.387 e. The van der Waals surface area contributed by atoms with Gasteiger partial charge in [0.15, 0.2) is 17.5 Å². The number of nitrogens with one attached hydrogen (secondary N) is 1. The number of guanidine groups is 1. The van der Waals surface area contributed by atoms with Crippen molar-refractivity contribution in [3.8, 4) is 17.2 Å². The number of halogens is 3. The van der Waals surface area contributed by atoms with Crippen LogP contribution in [0.3, 0.4) is 0 Å². The summed E-state index contributed by atoms with van der Waals surface area (Å²) in [5.74, 6) is 1.34. The fraction of sp³-hybridized carbons (Fsp3) is 0.316. The molecule has 0 saturated carbocycles. The summed E-state index contributed by atoms with van der Waals surface area (Å²) in [6, 6.07) is 10.8. The molecule has 0 unspecified atom stereocenters. The van der Waals surface area contributed by atoms with E-state index in [-0.39, 0.29) is 49.0 Å². The average molecular weight is 505 g/mol. The van der Waals surface area contributed by atoms with Crippen LogP contribution in [0.4, 0.5) is 14.5 Å². The topological polar surface area (TPSA) is 78.1 Å². The zero-order valence-corrected chi connectivity index (χ0v) is 17.8. The van der Waals surface area contributed by atoms with Gasteiger partial charge in [0.25, 0.3) is 0 Å². The van der Waals surface area contributed by atoms with Crippen LogP contribution in [0.25, 0.3) is 0 Å². The Balaban J connectivity index is 0.00000280. The van der Waals surface area contributed by atoms with E-state index in [0.29, 0.717) is 23.0 Å².